The van der Waals surface area contributed by atoms with Crippen LogP contribution in [0, 0.1) is 5.95 Å². The molecule has 0 aliphatic carbocycles. The lowest BCUT2D eigenvalue weighted by molar-refractivity contribution is -0.120. The zero-order chi connectivity index (χ0) is 18.3. The average Bonchev–Trinajstić information content (AvgIpc) is 3.04. The Morgan fingerprint density at radius 3 is 2.85 bits per heavy atom. The highest BCUT2D eigenvalue weighted by Crippen LogP contribution is 2.33. The van der Waals surface area contributed by atoms with Gasteiger partial charge in [-0.1, -0.05) is 0 Å². The van der Waals surface area contributed by atoms with Gasteiger partial charge in [0.05, 0.1) is 23.0 Å². The van der Waals surface area contributed by atoms with Gasteiger partial charge in [0.2, 0.25) is 11.9 Å². The number of aromatic nitrogens is 3. The number of thiazole rings is 1. The third-order valence-corrected chi connectivity index (χ3v) is 5.34. The van der Waals surface area contributed by atoms with Crippen molar-refractivity contribution >= 4 is 39.1 Å². The molecule has 0 saturated carbocycles. The Kier molecular flexibility index (Phi) is 4.25. The Morgan fingerprint density at radius 2 is 2.12 bits per heavy atom. The van der Waals surface area contributed by atoms with Crippen LogP contribution < -0.4 is 10.2 Å². The number of pyridine rings is 2. The quantitative estimate of drug-likeness (QED) is 0.711. The van der Waals surface area contributed by atoms with Crippen molar-refractivity contribution in [2.45, 2.75) is 0 Å². The Balaban J connectivity index is 1.69. The largest absolute Gasteiger partial charge is 0.373 e. The van der Waals surface area contributed by atoms with Crippen LogP contribution in [0.25, 0.3) is 20.8 Å². The van der Waals surface area contributed by atoms with Gasteiger partial charge in [-0.25, -0.2) is 15.0 Å². The van der Waals surface area contributed by atoms with Crippen molar-refractivity contribution in [2.24, 2.45) is 0 Å². The molecule has 3 aromatic rings. The van der Waals surface area contributed by atoms with Crippen LogP contribution in [-0.4, -0.2) is 59.5 Å². The monoisotopic (exact) mass is 372 g/mol. The van der Waals surface area contributed by atoms with Crippen LogP contribution in [0.3, 0.4) is 0 Å². The zero-order valence-corrected chi connectivity index (χ0v) is 15.2. The van der Waals surface area contributed by atoms with Gasteiger partial charge in [-0.2, -0.15) is 4.39 Å². The highest BCUT2D eigenvalue weighted by Gasteiger charge is 2.24. The van der Waals surface area contributed by atoms with Gasteiger partial charge in [0.25, 0.3) is 0 Å². The first kappa shape index (κ1) is 16.8. The summed E-state index contributed by atoms with van der Waals surface area (Å²) in [6.45, 7) is 1.78. The van der Waals surface area contributed by atoms with E-state index in [1.165, 1.54) is 11.3 Å². The average molecular weight is 372 g/mol. The Morgan fingerprint density at radius 1 is 1.27 bits per heavy atom. The normalized spacial score (nSPS) is 15.7. The van der Waals surface area contributed by atoms with Gasteiger partial charge in [0, 0.05) is 26.2 Å². The molecule has 7 nitrogen and oxygen atoms in total. The van der Waals surface area contributed by atoms with E-state index < -0.39 is 5.95 Å². The van der Waals surface area contributed by atoms with E-state index in [0.29, 0.717) is 40.8 Å². The molecule has 1 N–H and O–H groups in total. The van der Waals surface area contributed by atoms with E-state index >= 15 is 0 Å². The number of anilines is 2. The molecule has 0 aromatic carbocycles. The number of halogens is 1. The molecule has 0 spiro atoms. The summed E-state index contributed by atoms with van der Waals surface area (Å²) in [4.78, 5) is 28.6. The summed E-state index contributed by atoms with van der Waals surface area (Å²) >= 11 is 1.36. The molecule has 0 bridgehead atoms. The van der Waals surface area contributed by atoms with Crippen LogP contribution in [0.5, 0.6) is 0 Å². The summed E-state index contributed by atoms with van der Waals surface area (Å²) in [7, 11) is 3.61. The fraction of sp³-hybridized carbons (Fsp3) is 0.294. The van der Waals surface area contributed by atoms with E-state index in [-0.39, 0.29) is 5.91 Å². The summed E-state index contributed by atoms with van der Waals surface area (Å²) in [5.41, 5.74) is 1.02. The molecule has 4 heterocycles. The summed E-state index contributed by atoms with van der Waals surface area (Å²) in [6, 6.07) is 5.20. The number of piperazine rings is 1. The van der Waals surface area contributed by atoms with E-state index in [1.807, 2.05) is 18.0 Å². The fourth-order valence-electron chi connectivity index (χ4n) is 2.85. The highest BCUT2D eigenvalue weighted by molar-refractivity contribution is 7.21. The Hall–Kier alpha value is -2.65. The number of hydrogen-bond acceptors (Lipinski definition) is 7. The van der Waals surface area contributed by atoms with Crippen LogP contribution in [0.2, 0.25) is 0 Å². The van der Waals surface area contributed by atoms with Gasteiger partial charge >= 0.3 is 0 Å². The molecule has 26 heavy (non-hydrogen) atoms. The maximum atomic E-state index is 14.3. The van der Waals surface area contributed by atoms with Gasteiger partial charge in [-0.05, 0) is 19.2 Å². The molecule has 0 radical (unpaired) electrons. The van der Waals surface area contributed by atoms with Crippen LogP contribution in [0.15, 0.2) is 24.4 Å². The number of nitrogens with one attached hydrogen (secondary N) is 1. The van der Waals surface area contributed by atoms with E-state index in [0.717, 1.165) is 11.2 Å². The maximum absolute atomic E-state index is 14.3. The maximum Gasteiger partial charge on any atom is 0.242 e. The minimum atomic E-state index is -0.571. The van der Waals surface area contributed by atoms with E-state index in [4.69, 9.17) is 0 Å². The lowest BCUT2D eigenvalue weighted by atomic mass is 10.3. The number of amides is 1. The molecular weight excluding hydrogens is 355 g/mol. The molecule has 3 aromatic heterocycles. The van der Waals surface area contributed by atoms with Crippen molar-refractivity contribution < 1.29 is 9.18 Å². The first-order chi connectivity index (χ1) is 12.5. The SMILES string of the molecule is CNc1ccc(-c2nc3cnc(N4CCN(C)CC4=O)cc3s2)c(F)n1. The molecule has 1 aliphatic rings. The van der Waals surface area contributed by atoms with Crippen molar-refractivity contribution in [2.75, 3.05) is 43.9 Å². The molecular formula is C17H17FN6OS. The smallest absolute Gasteiger partial charge is 0.242 e. The number of fused-ring (bicyclic) bond motifs is 1. The van der Waals surface area contributed by atoms with Crippen LogP contribution in [-0.2, 0) is 4.79 Å². The van der Waals surface area contributed by atoms with Crippen LogP contribution in [0.1, 0.15) is 0 Å². The summed E-state index contributed by atoms with van der Waals surface area (Å²) in [5, 5.41) is 3.34. The molecule has 0 atom stereocenters. The lowest BCUT2D eigenvalue weighted by Crippen LogP contribution is -2.49. The van der Waals surface area contributed by atoms with E-state index in [1.54, 1.807) is 30.3 Å². The Labute approximate surface area is 153 Å². The lowest BCUT2D eigenvalue weighted by Gasteiger charge is -2.31. The third kappa shape index (κ3) is 2.99. The summed E-state index contributed by atoms with van der Waals surface area (Å²) < 4.78 is 15.1. The summed E-state index contributed by atoms with van der Waals surface area (Å²) in [6.07, 6.45) is 1.63. The Bertz CT molecular complexity index is 991. The molecule has 1 aliphatic heterocycles. The standard InChI is InChI=1S/C17H17FN6OS/c1-19-13-4-3-10(16(18)22-13)17-21-11-8-20-14(7-12(11)26-17)24-6-5-23(2)9-15(24)25/h3-4,7-8H,5-6,9H2,1-2H3,(H,19,22). The number of nitrogens with zero attached hydrogens (tertiary/aromatic N) is 5. The minimum Gasteiger partial charge on any atom is -0.373 e. The van der Waals surface area contributed by atoms with Crippen LogP contribution >= 0.6 is 11.3 Å². The molecule has 1 saturated heterocycles. The van der Waals surface area contributed by atoms with Crippen molar-refractivity contribution in [1.29, 1.82) is 0 Å². The number of carbonyl (C=O) groups is 1. The number of carbonyl (C=O) groups excluding carboxylic acids is 1. The molecule has 1 fully saturated rings. The van der Waals surface area contributed by atoms with Crippen molar-refractivity contribution in [3.8, 4) is 10.6 Å². The number of hydrogen-bond donors (Lipinski definition) is 1. The predicted octanol–water partition coefficient (Wildman–Crippen LogP) is 2.21. The van der Waals surface area contributed by atoms with E-state index in [2.05, 4.69) is 20.3 Å². The van der Waals surface area contributed by atoms with Crippen molar-refractivity contribution in [3.63, 3.8) is 0 Å². The molecule has 9 heteroatoms. The van der Waals surface area contributed by atoms with Gasteiger partial charge in [0.1, 0.15) is 22.2 Å². The predicted molar refractivity (Wildman–Crippen MR) is 100 cm³/mol. The van der Waals surface area contributed by atoms with Gasteiger partial charge in [-0.15, -0.1) is 11.3 Å². The second-order valence-corrected chi connectivity index (χ2v) is 7.13. The molecule has 134 valence electrons. The topological polar surface area (TPSA) is 74.2 Å². The highest BCUT2D eigenvalue weighted by atomic mass is 32.1. The van der Waals surface area contributed by atoms with E-state index in [9.17, 15) is 9.18 Å². The van der Waals surface area contributed by atoms with Crippen molar-refractivity contribution in [1.82, 2.24) is 19.9 Å². The second-order valence-electron chi connectivity index (χ2n) is 6.10. The van der Waals surface area contributed by atoms with Gasteiger partial charge < -0.3 is 5.32 Å². The number of likely N-dealkylation sites (N-methyl/N-ethyl adjacent to an activating group) is 1. The second kappa shape index (κ2) is 6.58. The van der Waals surface area contributed by atoms with Gasteiger partial charge in [0.15, 0.2) is 0 Å². The molecule has 4 rings (SSSR count). The molecule has 0 unspecified atom stereocenters. The third-order valence-electron chi connectivity index (χ3n) is 4.28. The van der Waals surface area contributed by atoms with Crippen molar-refractivity contribution in [3.05, 3.63) is 30.3 Å². The summed E-state index contributed by atoms with van der Waals surface area (Å²) in [5.74, 6) is 0.520. The van der Waals surface area contributed by atoms with Gasteiger partial charge in [-0.3, -0.25) is 14.6 Å². The first-order valence-electron chi connectivity index (χ1n) is 8.15. The zero-order valence-electron chi connectivity index (χ0n) is 14.4. The first-order valence-corrected chi connectivity index (χ1v) is 8.97. The molecule has 1 amide bonds. The number of rotatable bonds is 3. The minimum absolute atomic E-state index is 0.0215. The fourth-order valence-corrected chi connectivity index (χ4v) is 3.83. The van der Waals surface area contributed by atoms with Crippen LogP contribution in [0.4, 0.5) is 16.0 Å².